The summed E-state index contributed by atoms with van der Waals surface area (Å²) in [4.78, 5) is 2.55. The van der Waals surface area contributed by atoms with Gasteiger partial charge in [-0.1, -0.05) is 13.8 Å². The Bertz CT molecular complexity index is 658. The molecule has 0 aromatic rings. The molecule has 0 aromatic carbocycles. The second-order valence-electron chi connectivity index (χ2n) is 10.9. The van der Waals surface area contributed by atoms with Gasteiger partial charge >= 0.3 is 0 Å². The smallest absolute Gasteiger partial charge is 0.0771 e. The zero-order chi connectivity index (χ0) is 18.2. The molecule has 5 saturated carbocycles. The van der Waals surface area contributed by atoms with Crippen LogP contribution < -0.4 is 0 Å². The van der Waals surface area contributed by atoms with E-state index in [0.717, 1.165) is 38.8 Å². The van der Waals surface area contributed by atoms with Gasteiger partial charge in [-0.05, 0) is 49.5 Å². The van der Waals surface area contributed by atoms with E-state index in [-0.39, 0.29) is 46.6 Å². The number of fused-ring (bicyclic) bond motifs is 2. The topological polar surface area (TPSA) is 84.2 Å². The summed E-state index contributed by atoms with van der Waals surface area (Å²) in [5.74, 6) is 0.319. The summed E-state index contributed by atoms with van der Waals surface area (Å²) in [6, 6.07) is 0.198. The summed E-state index contributed by atoms with van der Waals surface area (Å²) in [5.41, 5.74) is -0.998. The van der Waals surface area contributed by atoms with Crippen LogP contribution in [0.3, 0.4) is 0 Å². The first-order chi connectivity index (χ1) is 12.3. The van der Waals surface area contributed by atoms with Gasteiger partial charge in [-0.25, -0.2) is 0 Å². The zero-order valence-corrected chi connectivity index (χ0v) is 15.9. The second-order valence-corrected chi connectivity index (χ2v) is 10.9. The summed E-state index contributed by atoms with van der Waals surface area (Å²) in [7, 11) is 0. The first-order valence-electron chi connectivity index (χ1n) is 10.8. The van der Waals surface area contributed by atoms with E-state index < -0.39 is 17.8 Å². The number of rotatable bonds is 1. The van der Waals surface area contributed by atoms with Crippen molar-refractivity contribution in [3.63, 3.8) is 0 Å². The molecule has 5 aliphatic carbocycles. The number of aliphatic hydroxyl groups is 4. The molecule has 7 bridgehead atoms. The van der Waals surface area contributed by atoms with Crippen molar-refractivity contribution in [2.75, 3.05) is 13.1 Å². The molecule has 146 valence electrons. The van der Waals surface area contributed by atoms with Gasteiger partial charge in [0.1, 0.15) is 0 Å². The van der Waals surface area contributed by atoms with Crippen LogP contribution in [-0.4, -0.2) is 68.4 Å². The molecule has 5 nitrogen and oxygen atoms in total. The van der Waals surface area contributed by atoms with E-state index in [1.54, 1.807) is 0 Å². The molecule has 0 aromatic heterocycles. The number of hydrogen-bond donors (Lipinski definition) is 4. The van der Waals surface area contributed by atoms with Crippen molar-refractivity contribution in [2.24, 2.45) is 40.4 Å². The maximum atomic E-state index is 11.9. The number of likely N-dealkylation sites (tertiary alicyclic amines) is 1. The molecule has 12 atom stereocenters. The molecule has 0 radical (unpaired) electrons. The first kappa shape index (κ1) is 16.7. The van der Waals surface area contributed by atoms with Crippen LogP contribution in [-0.2, 0) is 0 Å². The maximum absolute atomic E-state index is 11.9. The summed E-state index contributed by atoms with van der Waals surface area (Å²) in [6.07, 6.45) is 2.44. The van der Waals surface area contributed by atoms with E-state index in [4.69, 9.17) is 0 Å². The highest BCUT2D eigenvalue weighted by Crippen LogP contribution is 2.78. The minimum Gasteiger partial charge on any atom is -0.393 e. The van der Waals surface area contributed by atoms with Crippen molar-refractivity contribution in [3.05, 3.63) is 0 Å². The third kappa shape index (κ3) is 1.47. The number of hydrogen-bond acceptors (Lipinski definition) is 5. The molecule has 5 heteroatoms. The fourth-order valence-corrected chi connectivity index (χ4v) is 9.83. The van der Waals surface area contributed by atoms with Crippen LogP contribution in [0, 0.1) is 40.4 Å². The molecule has 6 fully saturated rings. The Balaban J connectivity index is 1.61. The highest BCUT2D eigenvalue weighted by Gasteiger charge is 2.82. The molecule has 1 heterocycles. The van der Waals surface area contributed by atoms with E-state index in [1.807, 2.05) is 0 Å². The van der Waals surface area contributed by atoms with Crippen LogP contribution in [0.2, 0.25) is 0 Å². The van der Waals surface area contributed by atoms with Crippen molar-refractivity contribution in [1.29, 1.82) is 0 Å². The molecule has 4 N–H and O–H groups in total. The molecular weight excluding hydrogens is 330 g/mol. The number of piperidine rings is 1. The molecule has 6 rings (SSSR count). The van der Waals surface area contributed by atoms with Crippen LogP contribution >= 0.6 is 0 Å². The SMILES string of the molecule is CCN1C[C@]2(C)CC[C@H](O)[C@@]34[C@@H]5C[C@H]6[C@H](O)[C@@H]5[C@](O)(C[C@@H]6O)[C@@H](C[C@H]23)[C@@H]14. The molecule has 1 spiro atoms. The Labute approximate surface area is 155 Å². The summed E-state index contributed by atoms with van der Waals surface area (Å²) < 4.78 is 0. The fraction of sp³-hybridized carbons (Fsp3) is 1.00. The number of aliphatic hydroxyl groups excluding tert-OH is 3. The maximum Gasteiger partial charge on any atom is 0.0771 e. The van der Waals surface area contributed by atoms with E-state index in [0.29, 0.717) is 12.3 Å². The lowest BCUT2D eigenvalue weighted by Crippen LogP contribution is -2.75. The van der Waals surface area contributed by atoms with Crippen LogP contribution in [0.15, 0.2) is 0 Å². The standard InChI is InChI=1S/C21H33NO4/c1-3-22-9-19(2)5-4-15(24)21-11-6-10-13(23)8-20(26,16(11)17(10)25)12(18(21)22)7-14(19)21/h10-18,23-26H,3-9H2,1-2H3/t10-,11-,12+,13+,14-,15+,16-,17+,18-,19+,20+,21-/m1/s1. The molecule has 26 heavy (non-hydrogen) atoms. The van der Waals surface area contributed by atoms with Crippen LogP contribution in [0.5, 0.6) is 0 Å². The van der Waals surface area contributed by atoms with Crippen molar-refractivity contribution in [1.82, 2.24) is 4.90 Å². The Morgan fingerprint density at radius 3 is 2.62 bits per heavy atom. The minimum absolute atomic E-state index is 0.0617. The quantitative estimate of drug-likeness (QED) is 0.548. The average molecular weight is 363 g/mol. The Morgan fingerprint density at radius 2 is 1.88 bits per heavy atom. The van der Waals surface area contributed by atoms with Gasteiger partial charge < -0.3 is 20.4 Å². The van der Waals surface area contributed by atoms with Gasteiger partial charge in [-0.3, -0.25) is 4.90 Å². The van der Waals surface area contributed by atoms with Gasteiger partial charge in [0.25, 0.3) is 0 Å². The molecular formula is C21H33NO4. The predicted octanol–water partition coefficient (Wildman–Crippen LogP) is 0.596. The van der Waals surface area contributed by atoms with Crippen molar-refractivity contribution in [2.45, 2.75) is 75.9 Å². The van der Waals surface area contributed by atoms with Crippen LogP contribution in [0.25, 0.3) is 0 Å². The second kappa shape index (κ2) is 4.68. The van der Waals surface area contributed by atoms with Crippen molar-refractivity contribution >= 4 is 0 Å². The van der Waals surface area contributed by atoms with Gasteiger partial charge in [0.15, 0.2) is 0 Å². The summed E-state index contributed by atoms with van der Waals surface area (Å²) >= 11 is 0. The molecule has 6 aliphatic rings. The zero-order valence-electron chi connectivity index (χ0n) is 15.9. The van der Waals surface area contributed by atoms with Gasteiger partial charge in [0, 0.05) is 42.2 Å². The van der Waals surface area contributed by atoms with Crippen molar-refractivity contribution in [3.8, 4) is 0 Å². The van der Waals surface area contributed by atoms with Crippen LogP contribution in [0.1, 0.15) is 46.0 Å². The Kier molecular flexibility index (Phi) is 3.01. The van der Waals surface area contributed by atoms with Gasteiger partial charge in [-0.2, -0.15) is 0 Å². The fourth-order valence-electron chi connectivity index (χ4n) is 9.83. The third-order valence-corrected chi connectivity index (χ3v) is 10.4. The molecule has 1 aliphatic heterocycles. The highest BCUT2D eigenvalue weighted by molar-refractivity contribution is 5.32. The van der Waals surface area contributed by atoms with Gasteiger partial charge in [0.2, 0.25) is 0 Å². The largest absolute Gasteiger partial charge is 0.393 e. The highest BCUT2D eigenvalue weighted by atomic mass is 16.3. The van der Waals surface area contributed by atoms with Gasteiger partial charge in [0.05, 0.1) is 23.9 Å². The van der Waals surface area contributed by atoms with Gasteiger partial charge in [-0.15, -0.1) is 0 Å². The number of nitrogens with zero attached hydrogens (tertiary/aromatic N) is 1. The van der Waals surface area contributed by atoms with Crippen molar-refractivity contribution < 1.29 is 20.4 Å². The Hall–Kier alpha value is -0.200. The minimum atomic E-state index is -0.984. The molecule has 0 unspecified atom stereocenters. The van der Waals surface area contributed by atoms with E-state index >= 15 is 0 Å². The lowest BCUT2D eigenvalue weighted by Gasteiger charge is -2.68. The Morgan fingerprint density at radius 1 is 1.12 bits per heavy atom. The summed E-state index contributed by atoms with van der Waals surface area (Å²) in [5, 5.41) is 45.1. The average Bonchev–Trinajstić information content (AvgIpc) is 3.03. The lowest BCUT2D eigenvalue weighted by molar-refractivity contribution is -0.265. The van der Waals surface area contributed by atoms with E-state index in [9.17, 15) is 20.4 Å². The molecule has 1 saturated heterocycles. The third-order valence-electron chi connectivity index (χ3n) is 10.4. The first-order valence-corrected chi connectivity index (χ1v) is 10.8. The lowest BCUT2D eigenvalue weighted by atomic mass is 9.43. The van der Waals surface area contributed by atoms with E-state index in [1.165, 1.54) is 0 Å². The predicted molar refractivity (Wildman–Crippen MR) is 95.1 cm³/mol. The van der Waals surface area contributed by atoms with Crippen LogP contribution in [0.4, 0.5) is 0 Å². The normalized spacial score (nSPS) is 68.3. The summed E-state index contributed by atoms with van der Waals surface area (Å²) in [6.45, 7) is 6.61. The monoisotopic (exact) mass is 363 g/mol. The van der Waals surface area contributed by atoms with E-state index in [2.05, 4.69) is 18.7 Å². The molecule has 0 amide bonds.